The van der Waals surface area contributed by atoms with Gasteiger partial charge in [-0.2, -0.15) is 13.2 Å². The minimum Gasteiger partial charge on any atom is -0.347 e. The van der Waals surface area contributed by atoms with Crippen LogP contribution in [0, 0.1) is 0 Å². The second kappa shape index (κ2) is 6.65. The fraction of sp³-hybridized carbons (Fsp3) is 0.278. The first kappa shape index (κ1) is 16.5. The summed E-state index contributed by atoms with van der Waals surface area (Å²) in [6.07, 6.45) is 0.805. The number of fused-ring (bicyclic) bond motifs is 1. The molecule has 0 fully saturated rings. The number of hydrogen-bond donors (Lipinski definition) is 1. The molecule has 0 aliphatic heterocycles. The molecule has 0 unspecified atom stereocenters. The van der Waals surface area contributed by atoms with Gasteiger partial charge in [0.15, 0.2) is 0 Å². The maximum atomic E-state index is 12.6. The third-order valence-electron chi connectivity index (χ3n) is 4.03. The van der Waals surface area contributed by atoms with Crippen LogP contribution < -0.4 is 5.73 Å². The van der Waals surface area contributed by atoms with Crippen LogP contribution in [0.3, 0.4) is 0 Å². The zero-order valence-corrected chi connectivity index (χ0v) is 13.1. The van der Waals surface area contributed by atoms with Crippen molar-refractivity contribution in [2.75, 3.05) is 6.54 Å². The Balaban J connectivity index is 2.05. The highest BCUT2D eigenvalue weighted by molar-refractivity contribution is 5.88. The number of halogens is 3. The van der Waals surface area contributed by atoms with Crippen molar-refractivity contribution >= 4 is 10.9 Å². The fourth-order valence-electron chi connectivity index (χ4n) is 2.88. The summed E-state index contributed by atoms with van der Waals surface area (Å²) in [5.41, 5.74) is 9.35. The summed E-state index contributed by atoms with van der Waals surface area (Å²) in [6.45, 7) is 0.370. The molecule has 0 radical (unpaired) electrons. The van der Waals surface area contributed by atoms with Crippen molar-refractivity contribution in [3.05, 3.63) is 54.5 Å². The topological polar surface area (TPSA) is 43.8 Å². The van der Waals surface area contributed by atoms with E-state index in [4.69, 9.17) is 5.73 Å². The molecule has 24 heavy (non-hydrogen) atoms. The molecule has 2 aromatic heterocycles. The first-order valence-electron chi connectivity index (χ1n) is 7.77. The standard InChI is InChI=1S/C18H18F3N3/c19-18(20,21)6-10-24-12-15(3-7-22)16-2-1-14(11-17(16)24)13-4-8-23-9-5-13/h1-2,4-5,8-9,11-12H,3,6-7,10,22H2. The van der Waals surface area contributed by atoms with E-state index in [9.17, 15) is 13.2 Å². The van der Waals surface area contributed by atoms with E-state index in [1.807, 2.05) is 30.3 Å². The Morgan fingerprint density at radius 2 is 1.79 bits per heavy atom. The van der Waals surface area contributed by atoms with Crippen LogP contribution in [0.4, 0.5) is 13.2 Å². The lowest BCUT2D eigenvalue weighted by molar-refractivity contribution is -0.136. The highest BCUT2D eigenvalue weighted by Gasteiger charge is 2.27. The Labute approximate surface area is 137 Å². The third kappa shape index (κ3) is 3.59. The van der Waals surface area contributed by atoms with Crippen molar-refractivity contribution in [2.24, 2.45) is 5.73 Å². The molecule has 0 aliphatic carbocycles. The monoisotopic (exact) mass is 333 g/mol. The lowest BCUT2D eigenvalue weighted by Crippen LogP contribution is -2.11. The van der Waals surface area contributed by atoms with Gasteiger partial charge in [-0.25, -0.2) is 0 Å². The van der Waals surface area contributed by atoms with Crippen LogP contribution in [-0.2, 0) is 13.0 Å². The third-order valence-corrected chi connectivity index (χ3v) is 4.03. The van der Waals surface area contributed by atoms with Crippen molar-refractivity contribution in [1.82, 2.24) is 9.55 Å². The van der Waals surface area contributed by atoms with Gasteiger partial charge in [-0.3, -0.25) is 4.98 Å². The van der Waals surface area contributed by atoms with Crippen molar-refractivity contribution in [3.63, 3.8) is 0 Å². The quantitative estimate of drug-likeness (QED) is 0.762. The van der Waals surface area contributed by atoms with E-state index in [2.05, 4.69) is 4.98 Å². The van der Waals surface area contributed by atoms with Gasteiger partial charge in [0.25, 0.3) is 0 Å². The SMILES string of the molecule is NCCc1cn(CCC(F)(F)F)c2cc(-c3ccncc3)ccc12. The molecule has 126 valence electrons. The van der Waals surface area contributed by atoms with Crippen LogP contribution in [-0.4, -0.2) is 22.3 Å². The number of benzene rings is 1. The van der Waals surface area contributed by atoms with Crippen molar-refractivity contribution < 1.29 is 13.2 Å². The van der Waals surface area contributed by atoms with E-state index in [1.165, 1.54) is 0 Å². The summed E-state index contributed by atoms with van der Waals surface area (Å²) in [5.74, 6) is 0. The maximum Gasteiger partial charge on any atom is 0.390 e. The van der Waals surface area contributed by atoms with Gasteiger partial charge < -0.3 is 10.3 Å². The van der Waals surface area contributed by atoms with Gasteiger partial charge in [-0.05, 0) is 47.9 Å². The summed E-state index contributed by atoms with van der Waals surface area (Å²) in [6, 6.07) is 9.63. The molecule has 2 N–H and O–H groups in total. The molecule has 0 amide bonds. The normalized spacial score (nSPS) is 12.0. The summed E-state index contributed by atoms with van der Waals surface area (Å²) >= 11 is 0. The average molecular weight is 333 g/mol. The smallest absolute Gasteiger partial charge is 0.347 e. The van der Waals surface area contributed by atoms with E-state index in [0.717, 1.165) is 27.6 Å². The molecule has 3 rings (SSSR count). The number of aromatic nitrogens is 2. The summed E-state index contributed by atoms with van der Waals surface area (Å²) in [7, 11) is 0. The average Bonchev–Trinajstić information content (AvgIpc) is 2.91. The van der Waals surface area contributed by atoms with E-state index in [-0.39, 0.29) is 6.54 Å². The highest BCUT2D eigenvalue weighted by atomic mass is 19.4. The van der Waals surface area contributed by atoms with Gasteiger partial charge in [-0.1, -0.05) is 12.1 Å². The zero-order valence-electron chi connectivity index (χ0n) is 13.1. The number of alkyl halides is 3. The molecule has 3 nitrogen and oxygen atoms in total. The molecule has 0 atom stereocenters. The number of pyridine rings is 1. The molecule has 0 saturated carbocycles. The molecular formula is C18H18F3N3. The maximum absolute atomic E-state index is 12.6. The van der Waals surface area contributed by atoms with Crippen LogP contribution in [0.5, 0.6) is 0 Å². The first-order chi connectivity index (χ1) is 11.5. The molecule has 0 bridgehead atoms. The van der Waals surface area contributed by atoms with Crippen molar-refractivity contribution in [3.8, 4) is 11.1 Å². The van der Waals surface area contributed by atoms with E-state index >= 15 is 0 Å². The summed E-state index contributed by atoms with van der Waals surface area (Å²) in [5, 5.41) is 0.959. The van der Waals surface area contributed by atoms with Gasteiger partial charge in [-0.15, -0.1) is 0 Å². The summed E-state index contributed by atoms with van der Waals surface area (Å²) in [4.78, 5) is 3.99. The largest absolute Gasteiger partial charge is 0.390 e. The highest BCUT2D eigenvalue weighted by Crippen LogP contribution is 2.29. The van der Waals surface area contributed by atoms with Crippen LogP contribution >= 0.6 is 0 Å². The number of rotatable bonds is 5. The van der Waals surface area contributed by atoms with Crippen LogP contribution in [0.15, 0.2) is 48.9 Å². The number of nitrogens with two attached hydrogens (primary N) is 1. The Morgan fingerprint density at radius 3 is 2.46 bits per heavy atom. The van der Waals surface area contributed by atoms with Gasteiger partial charge >= 0.3 is 6.18 Å². The van der Waals surface area contributed by atoms with E-state index in [0.29, 0.717) is 13.0 Å². The van der Waals surface area contributed by atoms with Crippen molar-refractivity contribution in [2.45, 2.75) is 25.6 Å². The Bertz CT molecular complexity index is 823. The van der Waals surface area contributed by atoms with Crippen LogP contribution in [0.2, 0.25) is 0 Å². The molecule has 6 heteroatoms. The molecule has 0 spiro atoms. The molecule has 3 aromatic rings. The lowest BCUT2D eigenvalue weighted by atomic mass is 10.0. The molecule has 0 saturated heterocycles. The predicted octanol–water partition coefficient (Wildman–Crippen LogP) is 4.16. The fourth-order valence-corrected chi connectivity index (χ4v) is 2.88. The number of nitrogens with zero attached hydrogens (tertiary/aromatic N) is 2. The van der Waals surface area contributed by atoms with Gasteiger partial charge in [0.1, 0.15) is 0 Å². The Hall–Kier alpha value is -2.34. The first-order valence-corrected chi connectivity index (χ1v) is 7.77. The number of aryl methyl sites for hydroxylation is 1. The summed E-state index contributed by atoms with van der Waals surface area (Å²) < 4.78 is 39.5. The molecule has 2 heterocycles. The van der Waals surface area contributed by atoms with Crippen LogP contribution in [0.1, 0.15) is 12.0 Å². The predicted molar refractivity (Wildman–Crippen MR) is 88.6 cm³/mol. The number of hydrogen-bond acceptors (Lipinski definition) is 2. The van der Waals surface area contributed by atoms with Gasteiger partial charge in [0, 0.05) is 36.0 Å². The van der Waals surface area contributed by atoms with Crippen LogP contribution in [0.25, 0.3) is 22.0 Å². The second-order valence-electron chi connectivity index (χ2n) is 5.72. The minimum atomic E-state index is -4.17. The van der Waals surface area contributed by atoms with E-state index in [1.54, 1.807) is 23.2 Å². The Morgan fingerprint density at radius 1 is 1.04 bits per heavy atom. The molecule has 0 aliphatic rings. The zero-order chi connectivity index (χ0) is 17.2. The van der Waals surface area contributed by atoms with E-state index < -0.39 is 12.6 Å². The molecular weight excluding hydrogens is 315 g/mol. The lowest BCUT2D eigenvalue weighted by Gasteiger charge is -2.09. The second-order valence-corrected chi connectivity index (χ2v) is 5.72. The van der Waals surface area contributed by atoms with Crippen molar-refractivity contribution in [1.29, 1.82) is 0 Å². The Kier molecular flexibility index (Phi) is 4.57. The minimum absolute atomic E-state index is 0.0929. The van der Waals surface area contributed by atoms with Gasteiger partial charge in [0.05, 0.1) is 6.42 Å². The molecule has 1 aromatic carbocycles. The van der Waals surface area contributed by atoms with Gasteiger partial charge in [0.2, 0.25) is 0 Å².